The first-order chi connectivity index (χ1) is 18.6. The van der Waals surface area contributed by atoms with E-state index in [-0.39, 0.29) is 23.7 Å². The third kappa shape index (κ3) is 4.51. The highest BCUT2D eigenvalue weighted by molar-refractivity contribution is 7.86. The second kappa shape index (κ2) is 10.4. The Bertz CT molecular complexity index is 1300. The first-order valence-electron chi connectivity index (χ1n) is 13.7. The normalized spacial score (nSPS) is 40.3. The third-order valence-corrected chi connectivity index (χ3v) is 12.1. The monoisotopic (exact) mass is 578 g/mol. The fourth-order valence-corrected chi connectivity index (χ4v) is 9.42. The van der Waals surface area contributed by atoms with Crippen molar-refractivity contribution in [3.05, 3.63) is 42.5 Å². The summed E-state index contributed by atoms with van der Waals surface area (Å²) < 4.78 is 53.5. The number of carbonyl (C=O) groups excluding carboxylic acids is 2. The fraction of sp³-hybridized carbons (Fsp3) is 0.633. The Morgan fingerprint density at radius 3 is 2.38 bits per heavy atom. The number of Topliss-reactive ketones (excluding diaryl/α,β-unsaturated/α-hetero) is 1. The van der Waals surface area contributed by atoms with Crippen LogP contribution in [0.4, 0.5) is 4.39 Å². The minimum atomic E-state index is -4.54. The van der Waals surface area contributed by atoms with Crippen molar-refractivity contribution < 1.29 is 41.2 Å². The molecule has 3 aliphatic rings. The van der Waals surface area contributed by atoms with Crippen molar-refractivity contribution >= 4 is 28.3 Å². The number of rotatable bonds is 8. The molecule has 10 atom stereocenters. The van der Waals surface area contributed by atoms with Crippen LogP contribution in [0.2, 0.25) is 0 Å². The molecule has 1 N–H and O–H groups in total. The number of benzene rings is 1. The molecule has 1 unspecified atom stereocenters. The number of halogens is 1. The summed E-state index contributed by atoms with van der Waals surface area (Å²) in [6.07, 6.45) is -1.97. The van der Waals surface area contributed by atoms with Crippen LogP contribution >= 0.6 is 0 Å². The van der Waals surface area contributed by atoms with Gasteiger partial charge in [-0.15, -0.1) is 6.58 Å². The molecule has 1 aromatic carbocycles. The molecule has 220 valence electrons. The van der Waals surface area contributed by atoms with E-state index < -0.39 is 74.2 Å². The van der Waals surface area contributed by atoms with Crippen molar-refractivity contribution in [2.75, 3.05) is 0 Å². The van der Waals surface area contributed by atoms with Gasteiger partial charge in [-0.3, -0.25) is 13.8 Å². The molecule has 3 aliphatic carbocycles. The SMILES string of the molecule is C=C[C@]1(C)C[C@@H](C(OS(=O)(=O)c2ccc(C)cc2)C(=O)O)[C@@]2(C)[C@H](C)CC[C@]3(C[C@H](F)C(=O)[C@H]32)[C@@H](C)[C@@H]1OC=O. The molecular formula is C30H39FO8S. The molecule has 3 saturated carbocycles. The lowest BCUT2D eigenvalue weighted by Gasteiger charge is -2.63. The van der Waals surface area contributed by atoms with Crippen molar-refractivity contribution in [3.8, 4) is 0 Å². The van der Waals surface area contributed by atoms with Gasteiger partial charge >= 0.3 is 5.97 Å². The van der Waals surface area contributed by atoms with Crippen LogP contribution in [0.15, 0.2) is 41.8 Å². The summed E-state index contributed by atoms with van der Waals surface area (Å²) in [7, 11) is -4.54. The summed E-state index contributed by atoms with van der Waals surface area (Å²) in [6, 6.07) is 5.85. The van der Waals surface area contributed by atoms with E-state index in [1.807, 2.05) is 13.8 Å². The van der Waals surface area contributed by atoms with E-state index in [4.69, 9.17) is 8.92 Å². The van der Waals surface area contributed by atoms with Gasteiger partial charge < -0.3 is 9.84 Å². The molecule has 0 saturated heterocycles. The lowest BCUT2D eigenvalue weighted by molar-refractivity contribution is -0.198. The summed E-state index contributed by atoms with van der Waals surface area (Å²) in [4.78, 5) is 38.1. The molecule has 8 nitrogen and oxygen atoms in total. The summed E-state index contributed by atoms with van der Waals surface area (Å²) in [5.41, 5.74) is -2.30. The van der Waals surface area contributed by atoms with Crippen molar-refractivity contribution in [2.45, 2.75) is 83.6 Å². The van der Waals surface area contributed by atoms with Gasteiger partial charge in [-0.1, -0.05) is 51.5 Å². The van der Waals surface area contributed by atoms with E-state index in [9.17, 15) is 27.9 Å². The van der Waals surface area contributed by atoms with Crippen LogP contribution in [0.3, 0.4) is 0 Å². The number of alkyl halides is 1. The van der Waals surface area contributed by atoms with E-state index in [1.165, 1.54) is 12.1 Å². The molecule has 10 heteroatoms. The van der Waals surface area contributed by atoms with Crippen molar-refractivity contribution in [1.82, 2.24) is 0 Å². The smallest absolute Gasteiger partial charge is 0.334 e. The van der Waals surface area contributed by atoms with E-state index in [0.29, 0.717) is 19.3 Å². The zero-order chi connectivity index (χ0) is 29.8. The topological polar surface area (TPSA) is 124 Å². The largest absolute Gasteiger partial charge is 0.479 e. The Morgan fingerprint density at radius 1 is 1.20 bits per heavy atom. The second-order valence-corrected chi connectivity index (χ2v) is 14.2. The van der Waals surface area contributed by atoms with Crippen LogP contribution in [0, 0.1) is 46.8 Å². The zero-order valence-corrected chi connectivity index (χ0v) is 24.4. The van der Waals surface area contributed by atoms with E-state index in [2.05, 4.69) is 6.58 Å². The lowest BCUT2D eigenvalue weighted by Crippen LogP contribution is -2.63. The molecule has 0 heterocycles. The second-order valence-electron chi connectivity index (χ2n) is 12.6. The molecule has 0 spiro atoms. The molecule has 3 fully saturated rings. The minimum absolute atomic E-state index is 0.0165. The van der Waals surface area contributed by atoms with Gasteiger partial charge in [0.25, 0.3) is 16.6 Å². The predicted octanol–water partition coefficient (Wildman–Crippen LogP) is 4.89. The van der Waals surface area contributed by atoms with Gasteiger partial charge in [0.15, 0.2) is 18.1 Å². The summed E-state index contributed by atoms with van der Waals surface area (Å²) in [5, 5.41) is 10.5. The highest BCUT2D eigenvalue weighted by atomic mass is 32.2. The van der Waals surface area contributed by atoms with Gasteiger partial charge in [0.2, 0.25) is 0 Å². The average molecular weight is 579 g/mol. The van der Waals surface area contributed by atoms with Crippen LogP contribution in [0.25, 0.3) is 0 Å². The molecule has 0 amide bonds. The molecule has 40 heavy (non-hydrogen) atoms. The Morgan fingerprint density at radius 2 is 1.82 bits per heavy atom. The molecule has 4 rings (SSSR count). The van der Waals surface area contributed by atoms with Crippen LogP contribution in [0.5, 0.6) is 0 Å². The molecule has 0 aromatic heterocycles. The van der Waals surface area contributed by atoms with Crippen LogP contribution in [0.1, 0.15) is 58.9 Å². The van der Waals surface area contributed by atoms with E-state index in [1.54, 1.807) is 39.0 Å². The van der Waals surface area contributed by atoms with Crippen LogP contribution in [-0.4, -0.2) is 50.1 Å². The highest BCUT2D eigenvalue weighted by Gasteiger charge is 2.71. The number of hydrogen-bond acceptors (Lipinski definition) is 7. The predicted molar refractivity (Wildman–Crippen MR) is 144 cm³/mol. The first-order valence-corrected chi connectivity index (χ1v) is 15.1. The summed E-state index contributed by atoms with van der Waals surface area (Å²) in [6.45, 7) is 13.4. The zero-order valence-electron chi connectivity index (χ0n) is 23.6. The number of hydrogen-bond donors (Lipinski definition) is 1. The van der Waals surface area contributed by atoms with Gasteiger partial charge in [-0.05, 0) is 61.5 Å². The van der Waals surface area contributed by atoms with Gasteiger partial charge in [-0.25, -0.2) is 9.18 Å². The van der Waals surface area contributed by atoms with Gasteiger partial charge in [0.1, 0.15) is 6.10 Å². The highest BCUT2D eigenvalue weighted by Crippen LogP contribution is 2.70. The molecular weight excluding hydrogens is 539 g/mol. The van der Waals surface area contributed by atoms with E-state index in [0.717, 1.165) is 5.56 Å². The number of carboxylic acids is 1. The number of carbonyl (C=O) groups is 3. The lowest BCUT2D eigenvalue weighted by atomic mass is 9.41. The van der Waals surface area contributed by atoms with E-state index >= 15 is 4.39 Å². The Balaban J connectivity index is 1.96. The molecule has 0 aliphatic heterocycles. The first kappa shape index (κ1) is 30.4. The molecule has 0 radical (unpaired) electrons. The molecule has 1 aromatic rings. The fourth-order valence-electron chi connectivity index (χ4n) is 8.35. The minimum Gasteiger partial charge on any atom is -0.479 e. The maximum atomic E-state index is 15.5. The maximum Gasteiger partial charge on any atom is 0.334 e. The van der Waals surface area contributed by atoms with Crippen LogP contribution in [-0.2, 0) is 33.4 Å². The Kier molecular flexibility index (Phi) is 7.86. The van der Waals surface area contributed by atoms with Gasteiger partial charge in [-0.2, -0.15) is 8.42 Å². The average Bonchev–Trinajstić information content (AvgIpc) is 3.17. The van der Waals surface area contributed by atoms with Crippen LogP contribution < -0.4 is 0 Å². The van der Waals surface area contributed by atoms with Crippen molar-refractivity contribution in [2.24, 2.45) is 39.9 Å². The van der Waals surface area contributed by atoms with Gasteiger partial charge in [0, 0.05) is 23.2 Å². The number of ketones is 1. The van der Waals surface area contributed by atoms with Gasteiger partial charge in [0.05, 0.1) is 4.90 Å². The summed E-state index contributed by atoms with van der Waals surface area (Å²) >= 11 is 0. The summed E-state index contributed by atoms with van der Waals surface area (Å²) in [5.74, 6) is -4.83. The Hall–Kier alpha value is -2.59. The quantitative estimate of drug-likeness (QED) is 0.263. The maximum absolute atomic E-state index is 15.5. The Labute approximate surface area is 235 Å². The number of ether oxygens (including phenoxy) is 1. The molecule has 2 bridgehead atoms. The number of aryl methyl sites for hydroxylation is 1. The van der Waals surface area contributed by atoms with Crippen molar-refractivity contribution in [1.29, 1.82) is 0 Å². The standard InChI is InChI=1S/C30H39FO8S/c1-7-28(5)14-21(24(27(34)35)39-40(36,37)20-10-8-17(2)9-11-20)29(6)18(3)12-13-30(19(4)26(28)38-16-32)15-22(31)23(33)25(29)30/h7-11,16,18-19,21-22,24-26H,1,12-15H2,2-6H3,(H,34,35)/t18-,19+,21+,22+,24?,25+,26+,28-,29-,30+/m1/s1. The van der Waals surface area contributed by atoms with Crippen molar-refractivity contribution in [3.63, 3.8) is 0 Å². The number of aliphatic carboxylic acids is 1. The number of carboxylic acid groups (broad SMARTS) is 1. The third-order valence-electron chi connectivity index (χ3n) is 10.7.